The monoisotopic (exact) mass is 383 g/mol. The van der Waals surface area contributed by atoms with E-state index >= 15 is 0 Å². The van der Waals surface area contributed by atoms with Gasteiger partial charge < -0.3 is 15.1 Å². The zero-order valence-corrected chi connectivity index (χ0v) is 16.8. The van der Waals surface area contributed by atoms with E-state index in [9.17, 15) is 4.79 Å². The van der Waals surface area contributed by atoms with Gasteiger partial charge in [-0.3, -0.25) is 4.79 Å². The molecule has 0 radical (unpaired) electrons. The molecular weight excluding hydrogens is 356 g/mol. The predicted octanol–water partition coefficient (Wildman–Crippen LogP) is 2.18. The van der Waals surface area contributed by atoms with Crippen molar-refractivity contribution in [1.29, 1.82) is 0 Å². The van der Waals surface area contributed by atoms with Crippen LogP contribution in [0, 0.1) is 6.92 Å². The fourth-order valence-electron chi connectivity index (χ4n) is 2.85. The van der Waals surface area contributed by atoms with Crippen LogP contribution in [0.25, 0.3) is 0 Å². The first-order valence-electron chi connectivity index (χ1n) is 9.29. The molecule has 27 heavy (non-hydrogen) atoms. The quantitative estimate of drug-likeness (QED) is 0.629. The summed E-state index contributed by atoms with van der Waals surface area (Å²) >= 11 is 1.51. The summed E-state index contributed by atoms with van der Waals surface area (Å²) in [6.07, 6.45) is 0. The molecule has 0 atom stereocenters. The zero-order valence-electron chi connectivity index (χ0n) is 15.9. The Morgan fingerprint density at radius 2 is 1.78 bits per heavy atom. The number of amidine groups is 1. The molecule has 142 valence electrons. The number of anilines is 1. The van der Waals surface area contributed by atoms with Crippen molar-refractivity contribution in [2.24, 2.45) is 4.99 Å². The van der Waals surface area contributed by atoms with Gasteiger partial charge in [0.15, 0.2) is 5.17 Å². The number of amides is 1. The first-order valence-corrected chi connectivity index (χ1v) is 10.3. The highest BCUT2D eigenvalue weighted by molar-refractivity contribution is 8.14. The second-order valence-electron chi connectivity index (χ2n) is 6.88. The Morgan fingerprint density at radius 1 is 1.11 bits per heavy atom. The van der Waals surface area contributed by atoms with Crippen molar-refractivity contribution in [3.63, 3.8) is 0 Å². The van der Waals surface area contributed by atoms with Crippen LogP contribution in [0.1, 0.15) is 5.56 Å². The maximum absolute atomic E-state index is 12.4. The van der Waals surface area contributed by atoms with E-state index in [4.69, 9.17) is 4.99 Å². The molecule has 0 saturated carbocycles. The average molecular weight is 384 g/mol. The molecule has 0 bridgehead atoms. The van der Waals surface area contributed by atoms with Crippen LogP contribution in [-0.4, -0.2) is 55.0 Å². The number of aryl methyl sites for hydroxylation is 1. The highest BCUT2D eigenvalue weighted by Gasteiger charge is 2.21. The van der Waals surface area contributed by atoms with Crippen molar-refractivity contribution in [1.82, 2.24) is 4.90 Å². The van der Waals surface area contributed by atoms with E-state index in [0.29, 0.717) is 5.75 Å². The van der Waals surface area contributed by atoms with Crippen molar-refractivity contribution in [3.05, 3.63) is 60.2 Å². The van der Waals surface area contributed by atoms with Crippen molar-refractivity contribution < 1.29 is 9.69 Å². The first kappa shape index (κ1) is 19.5. The van der Waals surface area contributed by atoms with Crippen LogP contribution >= 0.6 is 11.8 Å². The number of hydrogen-bond donors (Lipinski definition) is 2. The lowest BCUT2D eigenvalue weighted by Gasteiger charge is -2.32. The van der Waals surface area contributed by atoms with Gasteiger partial charge in [-0.2, -0.15) is 0 Å². The molecule has 1 heterocycles. The number of hydrogen-bond acceptors (Lipinski definition) is 3. The smallest absolute Gasteiger partial charge is 0.234 e. The lowest BCUT2D eigenvalue weighted by molar-refractivity contribution is -0.883. The highest BCUT2D eigenvalue weighted by atomic mass is 32.2. The minimum atomic E-state index is -0.00985. The maximum Gasteiger partial charge on any atom is 0.234 e. The summed E-state index contributed by atoms with van der Waals surface area (Å²) in [6.45, 7) is 6.13. The van der Waals surface area contributed by atoms with Crippen LogP contribution < -0.4 is 10.2 Å². The number of piperazine rings is 1. The molecule has 0 unspecified atom stereocenters. The molecule has 2 aromatic rings. The molecule has 1 aliphatic heterocycles. The van der Waals surface area contributed by atoms with E-state index in [0.717, 1.165) is 42.7 Å². The molecule has 1 saturated heterocycles. The van der Waals surface area contributed by atoms with Gasteiger partial charge in [-0.15, -0.1) is 0 Å². The van der Waals surface area contributed by atoms with Gasteiger partial charge in [-0.25, -0.2) is 4.99 Å². The van der Waals surface area contributed by atoms with Crippen LogP contribution in [0.2, 0.25) is 0 Å². The van der Waals surface area contributed by atoms with Gasteiger partial charge in [0.25, 0.3) is 0 Å². The van der Waals surface area contributed by atoms with E-state index in [1.54, 1.807) is 0 Å². The lowest BCUT2D eigenvalue weighted by Crippen LogP contribution is -3.12. The Morgan fingerprint density at radius 3 is 2.44 bits per heavy atom. The van der Waals surface area contributed by atoms with Gasteiger partial charge in [0.05, 0.1) is 44.7 Å². The van der Waals surface area contributed by atoms with Gasteiger partial charge in [-0.1, -0.05) is 47.7 Å². The number of carbonyl (C=O) groups excluding carboxylic acids is 1. The largest absolute Gasteiger partial charge is 0.340 e. The van der Waals surface area contributed by atoms with Crippen LogP contribution in [-0.2, 0) is 4.79 Å². The zero-order chi connectivity index (χ0) is 19.1. The summed E-state index contributed by atoms with van der Waals surface area (Å²) in [6, 6.07) is 17.8. The minimum Gasteiger partial charge on any atom is -0.340 e. The Hall–Kier alpha value is -2.31. The molecule has 2 aromatic carbocycles. The SMILES string of the molecule is Cc1ccc(NC(=O)CSC(=Nc2ccccc2)N2CC[NH+](C)CC2)cc1. The van der Waals surface area contributed by atoms with Gasteiger partial charge in [-0.05, 0) is 31.2 Å². The van der Waals surface area contributed by atoms with E-state index < -0.39 is 0 Å². The van der Waals surface area contributed by atoms with E-state index in [2.05, 4.69) is 17.3 Å². The van der Waals surface area contributed by atoms with Crippen LogP contribution in [0.5, 0.6) is 0 Å². The molecule has 1 amide bonds. The van der Waals surface area contributed by atoms with Crippen molar-refractivity contribution >= 4 is 34.2 Å². The molecule has 1 fully saturated rings. The molecule has 0 spiro atoms. The summed E-state index contributed by atoms with van der Waals surface area (Å²) in [5.41, 5.74) is 2.93. The third-order valence-electron chi connectivity index (χ3n) is 4.54. The van der Waals surface area contributed by atoms with Crippen LogP contribution in [0.4, 0.5) is 11.4 Å². The second kappa shape index (κ2) is 9.58. The van der Waals surface area contributed by atoms with Crippen molar-refractivity contribution in [2.75, 3.05) is 44.3 Å². The van der Waals surface area contributed by atoms with Gasteiger partial charge in [0.1, 0.15) is 0 Å². The third kappa shape index (κ3) is 6.12. The fourth-order valence-corrected chi connectivity index (χ4v) is 3.72. The average Bonchev–Trinajstić information content (AvgIpc) is 2.68. The van der Waals surface area contributed by atoms with Crippen molar-refractivity contribution in [3.8, 4) is 0 Å². The molecule has 6 heteroatoms. The molecule has 3 rings (SSSR count). The first-order chi connectivity index (χ1) is 13.1. The number of para-hydroxylation sites is 1. The number of aliphatic imine (C=N–C) groups is 1. The lowest BCUT2D eigenvalue weighted by atomic mass is 10.2. The standard InChI is InChI=1S/C21H26N4OS/c1-17-8-10-19(11-9-17)22-20(26)16-27-21(23-18-6-4-3-5-7-18)25-14-12-24(2)13-15-25/h3-11H,12-16H2,1-2H3,(H,22,26)/p+1. The normalized spacial score (nSPS) is 15.6. The number of carbonyl (C=O) groups is 1. The van der Waals surface area contributed by atoms with Crippen molar-refractivity contribution in [2.45, 2.75) is 6.92 Å². The Balaban J connectivity index is 1.64. The van der Waals surface area contributed by atoms with Crippen LogP contribution in [0.15, 0.2) is 59.6 Å². The fraction of sp³-hybridized carbons (Fsp3) is 0.333. The number of rotatable bonds is 4. The van der Waals surface area contributed by atoms with Crippen LogP contribution in [0.3, 0.4) is 0 Å². The van der Waals surface area contributed by atoms with Gasteiger partial charge in [0, 0.05) is 5.69 Å². The third-order valence-corrected chi connectivity index (χ3v) is 5.55. The maximum atomic E-state index is 12.4. The molecule has 0 aliphatic carbocycles. The topological polar surface area (TPSA) is 49.1 Å². The number of quaternary nitrogens is 1. The summed E-state index contributed by atoms with van der Waals surface area (Å²) in [5, 5.41) is 3.88. The van der Waals surface area contributed by atoms with E-state index in [1.165, 1.54) is 22.2 Å². The summed E-state index contributed by atoms with van der Waals surface area (Å²) < 4.78 is 0. The molecule has 1 aliphatic rings. The minimum absolute atomic E-state index is 0.00985. The van der Waals surface area contributed by atoms with E-state index in [1.807, 2.05) is 61.5 Å². The molecule has 2 N–H and O–H groups in total. The number of likely N-dealkylation sites (N-methyl/N-ethyl adjacent to an activating group) is 1. The number of nitrogens with one attached hydrogen (secondary N) is 2. The Bertz CT molecular complexity index is 769. The molecule has 0 aromatic heterocycles. The summed E-state index contributed by atoms with van der Waals surface area (Å²) in [4.78, 5) is 21.0. The van der Waals surface area contributed by atoms with E-state index in [-0.39, 0.29) is 5.91 Å². The molecular formula is C21H27N4OS+. The summed E-state index contributed by atoms with van der Waals surface area (Å²) in [7, 11) is 2.22. The second-order valence-corrected chi connectivity index (χ2v) is 7.82. The number of nitrogens with zero attached hydrogens (tertiary/aromatic N) is 2. The predicted molar refractivity (Wildman–Crippen MR) is 114 cm³/mol. The van der Waals surface area contributed by atoms with Gasteiger partial charge >= 0.3 is 0 Å². The highest BCUT2D eigenvalue weighted by Crippen LogP contribution is 2.18. The molecule has 5 nitrogen and oxygen atoms in total. The Kier molecular flexibility index (Phi) is 6.90. The van der Waals surface area contributed by atoms with Gasteiger partial charge in [0.2, 0.25) is 5.91 Å². The Labute approximate surface area is 165 Å². The summed E-state index contributed by atoms with van der Waals surface area (Å²) in [5.74, 6) is 0.336. The number of benzene rings is 2. The number of thioether (sulfide) groups is 1.